The summed E-state index contributed by atoms with van der Waals surface area (Å²) in [7, 11) is 0. The molecule has 0 unspecified atom stereocenters. The number of aliphatic imine (C=N–C) groups is 1. The van der Waals surface area contributed by atoms with E-state index >= 15 is 0 Å². The molecular weight excluding hydrogens is 148 g/mol. The standard InChI is InChI=1S/C6H6N2O3/c7-4-2-1-3(8-4)5(9)6(10)11/h1H,2H2,(H2,7,8)(H,10,11). The van der Waals surface area contributed by atoms with Gasteiger partial charge in [-0.15, -0.1) is 0 Å². The Balaban J connectivity index is 2.79. The predicted octanol–water partition coefficient (Wildman–Crippen LogP) is -0.715. The Morgan fingerprint density at radius 2 is 2.27 bits per heavy atom. The molecule has 0 spiro atoms. The highest BCUT2D eigenvalue weighted by Crippen LogP contribution is 2.08. The number of rotatable bonds is 2. The molecule has 58 valence electrons. The van der Waals surface area contributed by atoms with Crippen molar-refractivity contribution in [2.75, 3.05) is 0 Å². The van der Waals surface area contributed by atoms with Crippen LogP contribution in [0.2, 0.25) is 0 Å². The van der Waals surface area contributed by atoms with Gasteiger partial charge in [-0.25, -0.2) is 9.79 Å². The van der Waals surface area contributed by atoms with E-state index < -0.39 is 11.8 Å². The maximum Gasteiger partial charge on any atom is 0.378 e. The van der Waals surface area contributed by atoms with Crippen LogP contribution in [-0.2, 0) is 9.59 Å². The Kier molecular flexibility index (Phi) is 1.72. The molecule has 0 aromatic rings. The third-order valence-corrected chi connectivity index (χ3v) is 1.20. The third-order valence-electron chi connectivity index (χ3n) is 1.20. The molecule has 0 radical (unpaired) electrons. The Morgan fingerprint density at radius 1 is 1.64 bits per heavy atom. The second-order valence-electron chi connectivity index (χ2n) is 2.03. The minimum atomic E-state index is -1.50. The maximum absolute atomic E-state index is 10.7. The van der Waals surface area contributed by atoms with Gasteiger partial charge in [-0.3, -0.25) is 4.79 Å². The predicted molar refractivity (Wildman–Crippen MR) is 37.0 cm³/mol. The molecule has 1 rings (SSSR count). The molecule has 0 atom stereocenters. The van der Waals surface area contributed by atoms with Crippen LogP contribution >= 0.6 is 0 Å². The summed E-state index contributed by atoms with van der Waals surface area (Å²) in [5.74, 6) is -2.24. The van der Waals surface area contributed by atoms with Crippen molar-refractivity contribution in [2.45, 2.75) is 6.42 Å². The van der Waals surface area contributed by atoms with Gasteiger partial charge in [-0.1, -0.05) is 0 Å². The zero-order valence-electron chi connectivity index (χ0n) is 5.57. The summed E-state index contributed by atoms with van der Waals surface area (Å²) >= 11 is 0. The van der Waals surface area contributed by atoms with Gasteiger partial charge in [0.1, 0.15) is 11.5 Å². The number of carboxylic acids is 1. The van der Waals surface area contributed by atoms with Gasteiger partial charge in [0, 0.05) is 6.42 Å². The van der Waals surface area contributed by atoms with Crippen molar-refractivity contribution in [3.05, 3.63) is 11.8 Å². The molecular formula is C6H6N2O3. The lowest BCUT2D eigenvalue weighted by molar-refractivity contribution is -0.147. The van der Waals surface area contributed by atoms with E-state index in [1.807, 2.05) is 0 Å². The van der Waals surface area contributed by atoms with Crippen molar-refractivity contribution in [1.29, 1.82) is 0 Å². The molecule has 0 aromatic heterocycles. The molecule has 11 heavy (non-hydrogen) atoms. The van der Waals surface area contributed by atoms with Crippen LogP contribution in [-0.4, -0.2) is 22.7 Å². The second kappa shape index (κ2) is 2.53. The summed E-state index contributed by atoms with van der Waals surface area (Å²) in [6, 6.07) is 0. The highest BCUT2D eigenvalue weighted by Gasteiger charge is 2.19. The third kappa shape index (κ3) is 1.43. The number of aliphatic carboxylic acids is 1. The smallest absolute Gasteiger partial charge is 0.378 e. The number of carbonyl (C=O) groups excluding carboxylic acids is 1. The summed E-state index contributed by atoms with van der Waals surface area (Å²) in [6.45, 7) is 0. The zero-order chi connectivity index (χ0) is 8.43. The SMILES string of the molecule is NC1=NC(C(=O)C(=O)O)=CC1. The lowest BCUT2D eigenvalue weighted by Crippen LogP contribution is -2.14. The fraction of sp³-hybridized carbons (Fsp3) is 0.167. The van der Waals surface area contributed by atoms with Gasteiger partial charge in [0.15, 0.2) is 0 Å². The van der Waals surface area contributed by atoms with Crippen LogP contribution in [0.3, 0.4) is 0 Å². The lowest BCUT2D eigenvalue weighted by atomic mass is 10.3. The molecule has 5 heteroatoms. The van der Waals surface area contributed by atoms with Gasteiger partial charge in [-0.05, 0) is 6.08 Å². The molecule has 1 aliphatic rings. The van der Waals surface area contributed by atoms with Gasteiger partial charge in [0.25, 0.3) is 5.78 Å². The molecule has 0 fully saturated rings. The van der Waals surface area contributed by atoms with Gasteiger partial charge in [0.05, 0.1) is 0 Å². The molecule has 5 nitrogen and oxygen atoms in total. The summed E-state index contributed by atoms with van der Waals surface area (Å²) in [5.41, 5.74) is 5.14. The first kappa shape index (κ1) is 7.46. The first-order valence-corrected chi connectivity index (χ1v) is 2.92. The summed E-state index contributed by atoms with van der Waals surface area (Å²) in [4.78, 5) is 24.3. The van der Waals surface area contributed by atoms with E-state index in [1.54, 1.807) is 0 Å². The average Bonchev–Trinajstić information content (AvgIpc) is 2.34. The van der Waals surface area contributed by atoms with Crippen molar-refractivity contribution in [3.8, 4) is 0 Å². The molecule has 0 aliphatic carbocycles. The minimum absolute atomic E-state index is 0.0741. The molecule has 1 aliphatic heterocycles. The van der Waals surface area contributed by atoms with Crippen molar-refractivity contribution in [2.24, 2.45) is 10.7 Å². The summed E-state index contributed by atoms with van der Waals surface area (Å²) in [5, 5.41) is 8.23. The Morgan fingerprint density at radius 3 is 2.64 bits per heavy atom. The molecule has 0 aromatic carbocycles. The number of carboxylic acid groups (broad SMARTS) is 1. The average molecular weight is 154 g/mol. The molecule has 0 saturated carbocycles. The second-order valence-corrected chi connectivity index (χ2v) is 2.03. The van der Waals surface area contributed by atoms with E-state index in [0.29, 0.717) is 6.42 Å². The summed E-state index contributed by atoms with van der Waals surface area (Å²) < 4.78 is 0. The van der Waals surface area contributed by atoms with Gasteiger partial charge in [0.2, 0.25) is 0 Å². The van der Waals surface area contributed by atoms with Crippen molar-refractivity contribution in [1.82, 2.24) is 0 Å². The monoisotopic (exact) mass is 154 g/mol. The highest BCUT2D eigenvalue weighted by molar-refractivity contribution is 6.40. The maximum atomic E-state index is 10.7. The van der Waals surface area contributed by atoms with Gasteiger partial charge in [-0.2, -0.15) is 0 Å². The van der Waals surface area contributed by atoms with Gasteiger partial charge >= 0.3 is 5.97 Å². The minimum Gasteiger partial charge on any atom is -0.475 e. The topological polar surface area (TPSA) is 92.8 Å². The number of nitrogens with two attached hydrogens (primary N) is 1. The Bertz CT molecular complexity index is 278. The largest absolute Gasteiger partial charge is 0.475 e. The van der Waals surface area contributed by atoms with Crippen molar-refractivity contribution >= 4 is 17.6 Å². The van der Waals surface area contributed by atoms with E-state index in [1.165, 1.54) is 6.08 Å². The number of hydrogen-bond acceptors (Lipinski definition) is 4. The molecule has 1 heterocycles. The van der Waals surface area contributed by atoms with Crippen LogP contribution in [0.1, 0.15) is 6.42 Å². The van der Waals surface area contributed by atoms with Crippen LogP contribution in [0.5, 0.6) is 0 Å². The van der Waals surface area contributed by atoms with Crippen LogP contribution in [0.15, 0.2) is 16.8 Å². The van der Waals surface area contributed by atoms with E-state index in [2.05, 4.69) is 4.99 Å². The molecule has 0 amide bonds. The Labute approximate surface area is 62.2 Å². The van der Waals surface area contributed by atoms with Crippen LogP contribution in [0, 0.1) is 0 Å². The van der Waals surface area contributed by atoms with Crippen LogP contribution in [0.25, 0.3) is 0 Å². The normalized spacial score (nSPS) is 15.6. The number of Topliss-reactive ketones (excluding diaryl/α,β-unsaturated/α-hetero) is 1. The first-order chi connectivity index (χ1) is 5.11. The summed E-state index contributed by atoms with van der Waals surface area (Å²) in [6.07, 6.45) is 1.75. The van der Waals surface area contributed by atoms with E-state index in [-0.39, 0.29) is 11.5 Å². The Hall–Kier alpha value is -1.65. The number of ketones is 1. The molecule has 3 N–H and O–H groups in total. The van der Waals surface area contributed by atoms with E-state index in [0.717, 1.165) is 0 Å². The van der Waals surface area contributed by atoms with Crippen LogP contribution < -0.4 is 5.73 Å². The number of amidine groups is 1. The number of hydrogen-bond donors (Lipinski definition) is 2. The quantitative estimate of drug-likeness (QED) is 0.513. The van der Waals surface area contributed by atoms with Crippen molar-refractivity contribution < 1.29 is 14.7 Å². The number of nitrogens with zero attached hydrogens (tertiary/aromatic N) is 1. The molecule has 0 bridgehead atoms. The molecule has 0 saturated heterocycles. The highest BCUT2D eigenvalue weighted by atomic mass is 16.4. The van der Waals surface area contributed by atoms with Crippen LogP contribution in [0.4, 0.5) is 0 Å². The van der Waals surface area contributed by atoms with Gasteiger partial charge < -0.3 is 10.8 Å². The zero-order valence-corrected chi connectivity index (χ0v) is 5.57. The lowest BCUT2D eigenvalue weighted by Gasteiger charge is -1.88. The van der Waals surface area contributed by atoms with Crippen molar-refractivity contribution in [3.63, 3.8) is 0 Å². The number of carbonyl (C=O) groups is 2. The fourth-order valence-electron chi connectivity index (χ4n) is 0.700. The van der Waals surface area contributed by atoms with E-state index in [9.17, 15) is 9.59 Å². The first-order valence-electron chi connectivity index (χ1n) is 2.92. The fourth-order valence-corrected chi connectivity index (χ4v) is 0.700. The van der Waals surface area contributed by atoms with E-state index in [4.69, 9.17) is 10.8 Å².